The highest BCUT2D eigenvalue weighted by Crippen LogP contribution is 2.36. The summed E-state index contributed by atoms with van der Waals surface area (Å²) in [5, 5.41) is 9.19. The van der Waals surface area contributed by atoms with E-state index in [0.29, 0.717) is 23.0 Å². The molecule has 0 amide bonds. The van der Waals surface area contributed by atoms with Crippen LogP contribution in [0.15, 0.2) is 65.5 Å². The molecule has 1 saturated heterocycles. The van der Waals surface area contributed by atoms with Crippen molar-refractivity contribution in [2.24, 2.45) is 5.92 Å². The van der Waals surface area contributed by atoms with Gasteiger partial charge in [-0.25, -0.2) is 0 Å². The first kappa shape index (κ1) is 19.6. The summed E-state index contributed by atoms with van der Waals surface area (Å²) in [6, 6.07) is 21.8. The second kappa shape index (κ2) is 8.05. The minimum absolute atomic E-state index is 0.0610. The number of ether oxygens (including phenoxy) is 1. The van der Waals surface area contributed by atoms with Crippen molar-refractivity contribution in [3.63, 3.8) is 0 Å². The normalized spacial score (nSPS) is 20.0. The predicted octanol–water partition coefficient (Wildman–Crippen LogP) is 4.01. The Morgan fingerprint density at radius 3 is 2.68 bits per heavy atom. The Bertz CT molecular complexity index is 1210. The molecule has 0 spiro atoms. The lowest BCUT2D eigenvalue weighted by Crippen LogP contribution is -2.46. The number of benzene rings is 2. The van der Waals surface area contributed by atoms with E-state index in [0.717, 1.165) is 49.6 Å². The van der Waals surface area contributed by atoms with E-state index in [1.54, 1.807) is 19.2 Å². The van der Waals surface area contributed by atoms with Crippen LogP contribution < -0.4 is 10.3 Å². The summed E-state index contributed by atoms with van der Waals surface area (Å²) in [7, 11) is 1.69. The van der Waals surface area contributed by atoms with Crippen molar-refractivity contribution in [3.8, 4) is 22.9 Å². The molecule has 0 N–H and O–H groups in total. The number of nitriles is 1. The SMILES string of the molecule is COc1ccc(CN2C[C@@H]3C[C@H](C2)c2ccc(-c4cccc(C#N)c4)c(=O)n2C3)cc1. The van der Waals surface area contributed by atoms with Gasteiger partial charge in [-0.3, -0.25) is 9.69 Å². The summed E-state index contributed by atoms with van der Waals surface area (Å²) in [4.78, 5) is 15.8. The molecule has 31 heavy (non-hydrogen) atoms. The Labute approximate surface area is 182 Å². The fraction of sp³-hybridized carbons (Fsp3) is 0.308. The number of fused-ring (bicyclic) bond motifs is 4. The molecule has 0 radical (unpaired) electrons. The molecule has 3 aromatic rings. The van der Waals surface area contributed by atoms with Crippen LogP contribution in [-0.4, -0.2) is 29.7 Å². The van der Waals surface area contributed by atoms with Crippen LogP contribution in [0.1, 0.15) is 29.2 Å². The molecule has 2 aliphatic rings. The zero-order valence-corrected chi connectivity index (χ0v) is 17.6. The lowest BCUT2D eigenvalue weighted by Gasteiger charge is -2.43. The molecule has 3 heterocycles. The van der Waals surface area contributed by atoms with Gasteiger partial charge in [-0.2, -0.15) is 5.26 Å². The molecule has 2 bridgehead atoms. The Balaban J connectivity index is 1.40. The number of likely N-dealkylation sites (tertiary alicyclic amines) is 1. The van der Waals surface area contributed by atoms with Crippen LogP contribution in [0.2, 0.25) is 0 Å². The van der Waals surface area contributed by atoms with Crippen molar-refractivity contribution in [2.75, 3.05) is 20.2 Å². The lowest BCUT2D eigenvalue weighted by molar-refractivity contribution is 0.114. The van der Waals surface area contributed by atoms with Crippen molar-refractivity contribution in [3.05, 3.63) is 87.8 Å². The fourth-order valence-corrected chi connectivity index (χ4v) is 5.14. The minimum atomic E-state index is 0.0610. The van der Waals surface area contributed by atoms with Gasteiger partial charge in [0.2, 0.25) is 0 Å². The molecule has 2 aromatic carbocycles. The van der Waals surface area contributed by atoms with Gasteiger partial charge in [0, 0.05) is 43.4 Å². The first-order valence-electron chi connectivity index (χ1n) is 10.7. The van der Waals surface area contributed by atoms with Crippen molar-refractivity contribution in [1.82, 2.24) is 9.47 Å². The molecule has 1 aromatic heterocycles. The Kier molecular flexibility index (Phi) is 5.09. The van der Waals surface area contributed by atoms with Crippen molar-refractivity contribution in [1.29, 1.82) is 5.26 Å². The Hall–Kier alpha value is -3.36. The second-order valence-corrected chi connectivity index (χ2v) is 8.62. The summed E-state index contributed by atoms with van der Waals surface area (Å²) >= 11 is 0. The lowest BCUT2D eigenvalue weighted by atomic mass is 9.82. The van der Waals surface area contributed by atoms with Gasteiger partial charge in [0.25, 0.3) is 5.56 Å². The van der Waals surface area contributed by atoms with Crippen LogP contribution >= 0.6 is 0 Å². The van der Waals surface area contributed by atoms with E-state index in [1.165, 1.54) is 5.56 Å². The summed E-state index contributed by atoms with van der Waals surface area (Å²) < 4.78 is 7.25. The number of hydrogen-bond acceptors (Lipinski definition) is 4. The van der Waals surface area contributed by atoms with E-state index in [-0.39, 0.29) is 5.56 Å². The zero-order valence-electron chi connectivity index (χ0n) is 17.6. The van der Waals surface area contributed by atoms with Crippen LogP contribution in [-0.2, 0) is 13.1 Å². The average molecular weight is 412 g/mol. The maximum Gasteiger partial charge on any atom is 0.258 e. The number of pyridine rings is 1. The molecular formula is C26H25N3O2. The van der Waals surface area contributed by atoms with E-state index >= 15 is 0 Å². The third-order valence-corrected chi connectivity index (χ3v) is 6.55. The molecular weight excluding hydrogens is 386 g/mol. The maximum absolute atomic E-state index is 13.3. The molecule has 2 atom stereocenters. The number of aromatic nitrogens is 1. The van der Waals surface area contributed by atoms with E-state index in [4.69, 9.17) is 4.74 Å². The van der Waals surface area contributed by atoms with Gasteiger partial charge in [0.05, 0.1) is 18.7 Å². The van der Waals surface area contributed by atoms with Crippen molar-refractivity contribution in [2.45, 2.75) is 25.4 Å². The molecule has 5 heteroatoms. The van der Waals surface area contributed by atoms with Gasteiger partial charge in [-0.05, 0) is 59.9 Å². The standard InChI is InChI=1S/C26H25N3O2/c1-31-23-7-5-18(6-8-23)14-28-15-20-12-22(17-28)25-10-9-24(26(30)29(25)16-20)21-4-2-3-19(11-21)13-27/h2-11,20,22H,12,14-17H2,1H3/t20-,22+/m0/s1. The highest BCUT2D eigenvalue weighted by atomic mass is 16.5. The summed E-state index contributed by atoms with van der Waals surface area (Å²) in [5.41, 5.74) is 4.55. The average Bonchev–Trinajstić information content (AvgIpc) is 2.80. The van der Waals surface area contributed by atoms with Gasteiger partial charge in [0.15, 0.2) is 0 Å². The number of hydrogen-bond donors (Lipinski definition) is 0. The van der Waals surface area contributed by atoms with Crippen LogP contribution in [0.4, 0.5) is 0 Å². The highest BCUT2D eigenvalue weighted by molar-refractivity contribution is 5.64. The van der Waals surface area contributed by atoms with E-state index in [9.17, 15) is 10.1 Å². The largest absolute Gasteiger partial charge is 0.497 e. The molecule has 0 aliphatic carbocycles. The van der Waals surface area contributed by atoms with Gasteiger partial charge in [0.1, 0.15) is 5.75 Å². The topological polar surface area (TPSA) is 58.3 Å². The molecule has 5 rings (SSSR count). The van der Waals surface area contributed by atoms with Crippen LogP contribution in [0, 0.1) is 17.2 Å². The predicted molar refractivity (Wildman–Crippen MR) is 120 cm³/mol. The van der Waals surface area contributed by atoms with E-state index in [1.807, 2.05) is 34.9 Å². The minimum Gasteiger partial charge on any atom is -0.497 e. The molecule has 0 unspecified atom stereocenters. The first-order valence-corrected chi connectivity index (χ1v) is 10.7. The van der Waals surface area contributed by atoms with Crippen LogP contribution in [0.3, 0.4) is 0 Å². The zero-order chi connectivity index (χ0) is 21.4. The van der Waals surface area contributed by atoms with Gasteiger partial charge in [-0.1, -0.05) is 24.3 Å². The first-order chi connectivity index (χ1) is 15.1. The summed E-state index contributed by atoms with van der Waals surface area (Å²) in [5.74, 6) is 1.73. The summed E-state index contributed by atoms with van der Waals surface area (Å²) in [6.45, 7) is 3.64. The van der Waals surface area contributed by atoms with Crippen LogP contribution in [0.25, 0.3) is 11.1 Å². The Morgan fingerprint density at radius 2 is 1.90 bits per heavy atom. The van der Waals surface area contributed by atoms with E-state index < -0.39 is 0 Å². The number of methoxy groups -OCH3 is 1. The summed E-state index contributed by atoms with van der Waals surface area (Å²) in [6.07, 6.45) is 1.14. The van der Waals surface area contributed by atoms with Crippen molar-refractivity contribution < 1.29 is 4.74 Å². The van der Waals surface area contributed by atoms with Crippen LogP contribution in [0.5, 0.6) is 5.75 Å². The quantitative estimate of drug-likeness (QED) is 0.651. The number of rotatable bonds is 4. The maximum atomic E-state index is 13.3. The van der Waals surface area contributed by atoms with Crippen molar-refractivity contribution >= 4 is 0 Å². The smallest absolute Gasteiger partial charge is 0.258 e. The fourth-order valence-electron chi connectivity index (χ4n) is 5.14. The van der Waals surface area contributed by atoms with Gasteiger partial charge < -0.3 is 9.30 Å². The number of piperidine rings is 1. The molecule has 156 valence electrons. The molecule has 5 nitrogen and oxygen atoms in total. The molecule has 0 saturated carbocycles. The number of nitrogens with zero attached hydrogens (tertiary/aromatic N) is 3. The van der Waals surface area contributed by atoms with Gasteiger partial charge in [-0.15, -0.1) is 0 Å². The third-order valence-electron chi connectivity index (χ3n) is 6.55. The second-order valence-electron chi connectivity index (χ2n) is 8.62. The van der Waals surface area contributed by atoms with E-state index in [2.05, 4.69) is 29.2 Å². The highest BCUT2D eigenvalue weighted by Gasteiger charge is 2.35. The van der Waals surface area contributed by atoms with Gasteiger partial charge >= 0.3 is 0 Å². The third kappa shape index (κ3) is 3.75. The Morgan fingerprint density at radius 1 is 1.06 bits per heavy atom. The molecule has 1 fully saturated rings. The monoisotopic (exact) mass is 411 g/mol. The molecule has 2 aliphatic heterocycles.